The Bertz CT molecular complexity index is 1010. The Balaban J connectivity index is 1.57. The fourth-order valence-corrected chi connectivity index (χ4v) is 4.78. The van der Waals surface area contributed by atoms with E-state index in [1.54, 1.807) is 24.3 Å². The van der Waals surface area contributed by atoms with Gasteiger partial charge in [0.1, 0.15) is 5.75 Å². The molecule has 0 spiro atoms. The minimum absolute atomic E-state index is 0.0701. The molecule has 8 nitrogen and oxygen atoms in total. The first kappa shape index (κ1) is 24.1. The predicted molar refractivity (Wildman–Crippen MR) is 134 cm³/mol. The van der Waals surface area contributed by atoms with Gasteiger partial charge in [0.15, 0.2) is 10.7 Å². The molecular weight excluding hydrogens is 452 g/mol. The molecular formula is C25H30N4O4S. The monoisotopic (exact) mass is 482 g/mol. The largest absolute Gasteiger partial charge is 0.494 e. The van der Waals surface area contributed by atoms with Crippen LogP contribution < -0.4 is 15.4 Å². The Morgan fingerprint density at radius 3 is 2.50 bits per heavy atom. The second kappa shape index (κ2) is 10.9. The van der Waals surface area contributed by atoms with E-state index in [0.29, 0.717) is 43.7 Å². The zero-order valence-electron chi connectivity index (χ0n) is 19.3. The van der Waals surface area contributed by atoms with Gasteiger partial charge in [-0.15, -0.1) is 0 Å². The highest BCUT2D eigenvalue weighted by molar-refractivity contribution is 7.80. The lowest BCUT2D eigenvalue weighted by Gasteiger charge is -2.38. The van der Waals surface area contributed by atoms with Crippen LogP contribution in [0.4, 0.5) is 5.69 Å². The number of nitrogens with zero attached hydrogens (tertiary/aromatic N) is 2. The molecule has 9 heteroatoms. The maximum Gasteiger partial charge on any atom is 0.257 e. The fraction of sp³-hybridized carbons (Fsp3) is 0.400. The van der Waals surface area contributed by atoms with Gasteiger partial charge in [-0.05, 0) is 49.0 Å². The molecule has 2 N–H and O–H groups in total. The average Bonchev–Trinajstić information content (AvgIpc) is 3.09. The number of carbonyl (C=O) groups excluding carboxylic acids is 2. The van der Waals surface area contributed by atoms with E-state index in [-0.39, 0.29) is 18.2 Å². The SMILES string of the molecule is CCOc1ccc(NC(=O)CC2(c3ccccc3)C(=O)NC(=S)N2CCN2CCOCC2)cc1. The summed E-state index contributed by atoms with van der Waals surface area (Å²) in [4.78, 5) is 30.8. The number of thiocarbonyl (C=S) groups is 1. The molecule has 2 aromatic rings. The van der Waals surface area contributed by atoms with Gasteiger partial charge in [0.25, 0.3) is 5.91 Å². The molecule has 1 unspecified atom stereocenters. The summed E-state index contributed by atoms with van der Waals surface area (Å²) in [5, 5.41) is 6.08. The second-order valence-corrected chi connectivity index (χ2v) is 8.66. The van der Waals surface area contributed by atoms with E-state index in [1.807, 2.05) is 42.2 Å². The normalized spacial score (nSPS) is 20.8. The Morgan fingerprint density at radius 2 is 1.82 bits per heavy atom. The molecule has 2 aliphatic rings. The van der Waals surface area contributed by atoms with Crippen molar-refractivity contribution in [2.75, 3.05) is 51.3 Å². The van der Waals surface area contributed by atoms with Crippen LogP contribution in [-0.2, 0) is 19.9 Å². The quantitative estimate of drug-likeness (QED) is 0.531. The van der Waals surface area contributed by atoms with E-state index >= 15 is 0 Å². The minimum atomic E-state index is -1.22. The highest BCUT2D eigenvalue weighted by Gasteiger charge is 2.53. The second-order valence-electron chi connectivity index (χ2n) is 8.27. The standard InChI is InChI=1S/C25H30N4O4S/c1-2-33-21-10-8-20(9-11-21)26-22(30)18-25(19-6-4-3-5-7-19)23(31)27-24(34)29(25)13-12-28-14-16-32-17-15-28/h3-11H,2,12-18H2,1H3,(H,26,30)(H,27,31,34). The molecule has 4 rings (SSSR count). The highest BCUT2D eigenvalue weighted by atomic mass is 32.1. The molecule has 0 radical (unpaired) electrons. The molecule has 1 atom stereocenters. The summed E-state index contributed by atoms with van der Waals surface area (Å²) in [6.07, 6.45) is -0.0701. The Kier molecular flexibility index (Phi) is 7.77. The van der Waals surface area contributed by atoms with Gasteiger partial charge in [0.2, 0.25) is 5.91 Å². The summed E-state index contributed by atoms with van der Waals surface area (Å²) in [6.45, 7) is 6.76. The zero-order chi connectivity index (χ0) is 24.0. The van der Waals surface area contributed by atoms with E-state index in [1.165, 1.54) is 0 Å². The molecule has 34 heavy (non-hydrogen) atoms. The van der Waals surface area contributed by atoms with Crippen molar-refractivity contribution in [3.8, 4) is 5.75 Å². The third-order valence-corrected chi connectivity index (χ3v) is 6.48. The highest BCUT2D eigenvalue weighted by Crippen LogP contribution is 2.37. The number of carbonyl (C=O) groups is 2. The van der Waals surface area contributed by atoms with Crippen LogP contribution >= 0.6 is 12.2 Å². The van der Waals surface area contributed by atoms with Crippen molar-refractivity contribution in [2.24, 2.45) is 0 Å². The molecule has 0 aliphatic carbocycles. The molecule has 2 aromatic carbocycles. The molecule has 2 amide bonds. The first-order valence-corrected chi connectivity index (χ1v) is 11.9. The van der Waals surface area contributed by atoms with Gasteiger partial charge in [0.05, 0.1) is 26.2 Å². The predicted octanol–water partition coefficient (Wildman–Crippen LogP) is 2.36. The topological polar surface area (TPSA) is 83.1 Å². The first-order chi connectivity index (χ1) is 16.5. The number of ether oxygens (including phenoxy) is 2. The number of nitrogens with one attached hydrogen (secondary N) is 2. The average molecular weight is 483 g/mol. The van der Waals surface area contributed by atoms with Crippen LogP contribution in [-0.4, -0.2) is 72.7 Å². The number of anilines is 1. The van der Waals surface area contributed by atoms with E-state index in [0.717, 1.165) is 24.4 Å². The van der Waals surface area contributed by atoms with Crippen molar-refractivity contribution in [3.63, 3.8) is 0 Å². The van der Waals surface area contributed by atoms with Crippen molar-refractivity contribution in [2.45, 2.75) is 18.9 Å². The summed E-state index contributed by atoms with van der Waals surface area (Å²) >= 11 is 5.56. The number of hydrogen-bond acceptors (Lipinski definition) is 6. The third-order valence-electron chi connectivity index (χ3n) is 6.16. The van der Waals surface area contributed by atoms with Crippen molar-refractivity contribution in [3.05, 3.63) is 60.2 Å². The smallest absolute Gasteiger partial charge is 0.257 e. The van der Waals surface area contributed by atoms with Crippen molar-refractivity contribution in [1.82, 2.24) is 15.1 Å². The molecule has 2 heterocycles. The molecule has 2 saturated heterocycles. The van der Waals surface area contributed by atoms with Crippen LogP contribution in [0.15, 0.2) is 54.6 Å². The Morgan fingerprint density at radius 1 is 1.12 bits per heavy atom. The summed E-state index contributed by atoms with van der Waals surface area (Å²) in [5.41, 5.74) is 0.147. The van der Waals surface area contributed by atoms with Gasteiger partial charge in [-0.25, -0.2) is 0 Å². The number of hydrogen-bond donors (Lipinski definition) is 2. The number of benzene rings is 2. The van der Waals surface area contributed by atoms with Gasteiger partial charge in [-0.3, -0.25) is 14.5 Å². The maximum absolute atomic E-state index is 13.4. The van der Waals surface area contributed by atoms with Crippen LogP contribution in [0.1, 0.15) is 18.9 Å². The number of rotatable bonds is 9. The first-order valence-electron chi connectivity index (χ1n) is 11.5. The van der Waals surface area contributed by atoms with Crippen LogP contribution in [0.2, 0.25) is 0 Å². The summed E-state index contributed by atoms with van der Waals surface area (Å²) in [7, 11) is 0. The molecule has 2 aliphatic heterocycles. The van der Waals surface area contributed by atoms with Gasteiger partial charge >= 0.3 is 0 Å². The van der Waals surface area contributed by atoms with Crippen LogP contribution in [0.25, 0.3) is 0 Å². The van der Waals surface area contributed by atoms with Gasteiger partial charge in [-0.2, -0.15) is 0 Å². The van der Waals surface area contributed by atoms with Crippen molar-refractivity contribution in [1.29, 1.82) is 0 Å². The van der Waals surface area contributed by atoms with Crippen molar-refractivity contribution >= 4 is 34.8 Å². The molecule has 0 saturated carbocycles. The van der Waals surface area contributed by atoms with Crippen molar-refractivity contribution < 1.29 is 19.1 Å². The number of morpholine rings is 1. The number of amides is 2. The Hall–Kier alpha value is -3.01. The van der Waals surface area contributed by atoms with E-state index in [2.05, 4.69) is 15.5 Å². The Labute approximate surface area is 205 Å². The fourth-order valence-electron chi connectivity index (χ4n) is 4.44. The third kappa shape index (κ3) is 5.22. The van der Waals surface area contributed by atoms with Gasteiger partial charge < -0.3 is 25.0 Å². The van der Waals surface area contributed by atoms with Crippen LogP contribution in [0.3, 0.4) is 0 Å². The lowest BCUT2D eigenvalue weighted by Crippen LogP contribution is -2.52. The molecule has 2 fully saturated rings. The molecule has 180 valence electrons. The minimum Gasteiger partial charge on any atom is -0.494 e. The van der Waals surface area contributed by atoms with Gasteiger partial charge in [0, 0.05) is 31.9 Å². The molecule has 0 bridgehead atoms. The summed E-state index contributed by atoms with van der Waals surface area (Å²) in [6, 6.07) is 16.6. The van der Waals surface area contributed by atoms with Crippen LogP contribution in [0, 0.1) is 0 Å². The lowest BCUT2D eigenvalue weighted by molar-refractivity contribution is -0.132. The molecule has 0 aromatic heterocycles. The van der Waals surface area contributed by atoms with Gasteiger partial charge in [-0.1, -0.05) is 30.3 Å². The lowest BCUT2D eigenvalue weighted by atomic mass is 9.84. The summed E-state index contributed by atoms with van der Waals surface area (Å²) in [5.74, 6) is 0.174. The van der Waals surface area contributed by atoms with E-state index in [9.17, 15) is 9.59 Å². The summed E-state index contributed by atoms with van der Waals surface area (Å²) < 4.78 is 10.9. The maximum atomic E-state index is 13.4. The van der Waals surface area contributed by atoms with E-state index < -0.39 is 5.54 Å². The van der Waals surface area contributed by atoms with E-state index in [4.69, 9.17) is 21.7 Å². The van der Waals surface area contributed by atoms with Crippen LogP contribution in [0.5, 0.6) is 5.75 Å². The zero-order valence-corrected chi connectivity index (χ0v) is 20.1.